The van der Waals surface area contributed by atoms with Gasteiger partial charge in [0, 0.05) is 31.6 Å². The Morgan fingerprint density at radius 3 is 2.26 bits per heavy atom. The molecule has 1 aromatic rings. The van der Waals surface area contributed by atoms with Gasteiger partial charge >= 0.3 is 6.03 Å². The SMILES string of the molecule is CCCC(CC)(C(C)C)C1CC(=O)N(CCCCCC(=O)NCC(=O)NC(CCCNC(N)=O)C(=O)Nc2ccc(CC)cc2)C1=O. The molecule has 1 aliphatic rings. The quantitative estimate of drug-likeness (QED) is 0.0985. The van der Waals surface area contributed by atoms with Crippen LogP contribution in [-0.2, 0) is 30.4 Å². The fourth-order valence-electron chi connectivity index (χ4n) is 6.61. The molecule has 0 radical (unpaired) electrons. The second kappa shape index (κ2) is 19.6. The smallest absolute Gasteiger partial charge is 0.312 e. The van der Waals surface area contributed by atoms with E-state index in [0.717, 1.165) is 31.2 Å². The third-order valence-corrected chi connectivity index (χ3v) is 9.44. The molecule has 12 heteroatoms. The van der Waals surface area contributed by atoms with Crippen LogP contribution in [0.25, 0.3) is 0 Å². The monoisotopic (exact) mass is 656 g/mol. The molecular weight excluding hydrogens is 600 g/mol. The molecule has 0 saturated carbocycles. The van der Waals surface area contributed by atoms with Gasteiger partial charge in [0.25, 0.3) is 0 Å². The van der Waals surface area contributed by atoms with Gasteiger partial charge in [-0.1, -0.05) is 59.6 Å². The number of nitrogens with one attached hydrogen (secondary N) is 4. The molecule has 7 amide bonds. The summed E-state index contributed by atoms with van der Waals surface area (Å²) >= 11 is 0. The van der Waals surface area contributed by atoms with Crippen LogP contribution in [0.5, 0.6) is 0 Å². The van der Waals surface area contributed by atoms with Crippen molar-refractivity contribution in [3.63, 3.8) is 0 Å². The summed E-state index contributed by atoms with van der Waals surface area (Å²) in [6, 6.07) is 5.84. The van der Waals surface area contributed by atoms with E-state index in [1.807, 2.05) is 19.1 Å². The summed E-state index contributed by atoms with van der Waals surface area (Å²) in [5.41, 5.74) is 6.65. The van der Waals surface area contributed by atoms with Crippen molar-refractivity contribution in [3.8, 4) is 0 Å². The molecule has 47 heavy (non-hydrogen) atoms. The molecule has 6 N–H and O–H groups in total. The summed E-state index contributed by atoms with van der Waals surface area (Å²) < 4.78 is 0. The summed E-state index contributed by atoms with van der Waals surface area (Å²) in [6.07, 6.45) is 6.52. The number of carbonyl (C=O) groups excluding carboxylic acids is 6. The van der Waals surface area contributed by atoms with Crippen LogP contribution in [0.2, 0.25) is 0 Å². The maximum atomic E-state index is 13.3. The molecule has 1 fully saturated rings. The molecular formula is C35H56N6O6. The first-order valence-corrected chi connectivity index (χ1v) is 17.2. The zero-order valence-corrected chi connectivity index (χ0v) is 28.9. The average molecular weight is 657 g/mol. The molecule has 1 aliphatic heterocycles. The first-order valence-electron chi connectivity index (χ1n) is 17.2. The summed E-state index contributed by atoms with van der Waals surface area (Å²) in [4.78, 5) is 76.6. The Balaban J connectivity index is 1.79. The molecule has 0 spiro atoms. The van der Waals surface area contributed by atoms with Crippen LogP contribution in [0.15, 0.2) is 24.3 Å². The minimum Gasteiger partial charge on any atom is -0.352 e. The molecule has 2 rings (SSSR count). The predicted molar refractivity (Wildman–Crippen MR) is 182 cm³/mol. The Bertz CT molecular complexity index is 1220. The third kappa shape index (κ3) is 12.0. The number of nitrogens with two attached hydrogens (primary N) is 1. The Morgan fingerprint density at radius 2 is 1.66 bits per heavy atom. The number of unbranched alkanes of at least 4 members (excludes halogenated alkanes) is 2. The van der Waals surface area contributed by atoms with E-state index in [1.54, 1.807) is 12.1 Å². The topological polar surface area (TPSA) is 180 Å². The number of rotatable bonds is 21. The zero-order chi connectivity index (χ0) is 35.0. The molecule has 1 saturated heterocycles. The van der Waals surface area contributed by atoms with E-state index in [9.17, 15) is 28.8 Å². The number of amides is 7. The maximum Gasteiger partial charge on any atom is 0.312 e. The minimum absolute atomic E-state index is 0.0618. The summed E-state index contributed by atoms with van der Waals surface area (Å²) in [5.74, 6) is -1.38. The highest BCUT2D eigenvalue weighted by atomic mass is 16.2. The number of carbonyl (C=O) groups is 6. The van der Waals surface area contributed by atoms with Gasteiger partial charge < -0.3 is 27.0 Å². The van der Waals surface area contributed by atoms with Crippen molar-refractivity contribution >= 4 is 41.3 Å². The number of imide groups is 1. The lowest BCUT2D eigenvalue weighted by molar-refractivity contribution is -0.141. The summed E-state index contributed by atoms with van der Waals surface area (Å²) in [6.45, 7) is 10.8. The van der Waals surface area contributed by atoms with E-state index in [0.29, 0.717) is 43.8 Å². The number of benzene rings is 1. The van der Waals surface area contributed by atoms with E-state index in [1.165, 1.54) is 4.90 Å². The molecule has 12 nitrogen and oxygen atoms in total. The number of primary amides is 1. The van der Waals surface area contributed by atoms with Gasteiger partial charge in [-0.2, -0.15) is 0 Å². The van der Waals surface area contributed by atoms with Crippen molar-refractivity contribution in [2.45, 2.75) is 111 Å². The van der Waals surface area contributed by atoms with Crippen molar-refractivity contribution in [3.05, 3.63) is 29.8 Å². The number of hydrogen-bond acceptors (Lipinski definition) is 6. The summed E-state index contributed by atoms with van der Waals surface area (Å²) in [5, 5.41) is 10.5. The number of likely N-dealkylation sites (tertiary alicyclic amines) is 1. The van der Waals surface area contributed by atoms with Gasteiger partial charge in [0.1, 0.15) is 6.04 Å². The molecule has 0 aromatic heterocycles. The standard InChI is InChI=1S/C35H56N6O6/c1-6-19-35(8-3,24(4)5)27-22-31(44)41(33(27)46)21-11-9-10-14-29(42)38-23-30(43)40-28(13-12-20-37-34(36)47)32(45)39-26-17-15-25(7-2)16-18-26/h15-18,24,27-28H,6-14,19-23H2,1-5H3,(H,38,42)(H,39,45)(H,40,43)(H3,36,37,47). The van der Waals surface area contributed by atoms with Gasteiger partial charge in [0.15, 0.2) is 0 Å². The molecule has 262 valence electrons. The molecule has 0 bridgehead atoms. The predicted octanol–water partition coefficient (Wildman–Crippen LogP) is 4.03. The lowest BCUT2D eigenvalue weighted by atomic mass is 9.63. The van der Waals surface area contributed by atoms with Crippen molar-refractivity contribution in [2.24, 2.45) is 23.0 Å². The fraction of sp³-hybridized carbons (Fsp3) is 0.657. The molecule has 1 aromatic carbocycles. The lowest BCUT2D eigenvalue weighted by Crippen LogP contribution is -2.47. The first kappa shape index (κ1) is 39.2. The van der Waals surface area contributed by atoms with Gasteiger partial charge in [0.2, 0.25) is 29.5 Å². The van der Waals surface area contributed by atoms with Crippen molar-refractivity contribution in [2.75, 3.05) is 25.0 Å². The highest BCUT2D eigenvalue weighted by Crippen LogP contribution is 2.48. The van der Waals surface area contributed by atoms with Crippen LogP contribution in [0, 0.1) is 17.3 Å². The minimum atomic E-state index is -0.888. The van der Waals surface area contributed by atoms with Crippen LogP contribution in [0.3, 0.4) is 0 Å². The number of aryl methyl sites for hydroxylation is 1. The van der Waals surface area contributed by atoms with E-state index >= 15 is 0 Å². The largest absolute Gasteiger partial charge is 0.352 e. The van der Waals surface area contributed by atoms with Crippen LogP contribution < -0.4 is 27.0 Å². The van der Waals surface area contributed by atoms with Crippen molar-refractivity contribution < 1.29 is 28.8 Å². The fourth-order valence-corrected chi connectivity index (χ4v) is 6.61. The van der Waals surface area contributed by atoms with E-state index in [4.69, 9.17) is 5.73 Å². The van der Waals surface area contributed by atoms with Crippen LogP contribution in [0.4, 0.5) is 10.5 Å². The maximum absolute atomic E-state index is 13.3. The van der Waals surface area contributed by atoms with Gasteiger partial charge in [0.05, 0.1) is 12.5 Å². The average Bonchev–Trinajstić information content (AvgIpc) is 3.32. The molecule has 1 heterocycles. The Hall–Kier alpha value is -3.96. The van der Waals surface area contributed by atoms with Gasteiger partial charge in [-0.15, -0.1) is 0 Å². The van der Waals surface area contributed by atoms with Crippen molar-refractivity contribution in [1.82, 2.24) is 20.9 Å². The first-order chi connectivity index (χ1) is 22.4. The number of urea groups is 1. The number of anilines is 1. The van der Waals surface area contributed by atoms with Crippen molar-refractivity contribution in [1.29, 1.82) is 0 Å². The molecule has 0 aliphatic carbocycles. The van der Waals surface area contributed by atoms with Crippen LogP contribution >= 0.6 is 0 Å². The second-order valence-electron chi connectivity index (χ2n) is 12.8. The van der Waals surface area contributed by atoms with Crippen LogP contribution in [-0.4, -0.2) is 66.1 Å². The third-order valence-electron chi connectivity index (χ3n) is 9.44. The normalized spacial score (nSPS) is 16.5. The Labute approximate surface area is 279 Å². The van der Waals surface area contributed by atoms with Gasteiger partial charge in [-0.3, -0.25) is 28.9 Å². The molecule has 3 unspecified atom stereocenters. The van der Waals surface area contributed by atoms with E-state index in [2.05, 4.69) is 49.0 Å². The zero-order valence-electron chi connectivity index (χ0n) is 28.9. The van der Waals surface area contributed by atoms with E-state index in [-0.39, 0.29) is 61.4 Å². The summed E-state index contributed by atoms with van der Waals surface area (Å²) in [7, 11) is 0. The molecule has 3 atom stereocenters. The highest BCUT2D eigenvalue weighted by Gasteiger charge is 2.50. The second-order valence-corrected chi connectivity index (χ2v) is 12.8. The van der Waals surface area contributed by atoms with Crippen LogP contribution in [0.1, 0.15) is 104 Å². The van der Waals surface area contributed by atoms with Gasteiger partial charge in [-0.25, -0.2) is 4.79 Å². The number of hydrogen-bond donors (Lipinski definition) is 5. The number of nitrogens with zero attached hydrogens (tertiary/aromatic N) is 1. The van der Waals surface area contributed by atoms with E-state index < -0.39 is 23.9 Å². The highest BCUT2D eigenvalue weighted by molar-refractivity contribution is 6.04. The lowest BCUT2D eigenvalue weighted by Gasteiger charge is -2.41. The Morgan fingerprint density at radius 1 is 0.957 bits per heavy atom. The Kier molecular flexibility index (Phi) is 16.4. The van der Waals surface area contributed by atoms with Gasteiger partial charge in [-0.05, 0) is 74.0 Å².